The molecule has 3 rings (SSSR count). The fraction of sp³-hybridized carbons (Fsp3) is 0.0588. The predicted molar refractivity (Wildman–Crippen MR) is 83.5 cm³/mol. The highest BCUT2D eigenvalue weighted by Gasteiger charge is 2.04. The zero-order valence-electron chi connectivity index (χ0n) is 11.4. The molecular weight excluding hydrogens is 282 g/mol. The Bertz CT molecular complexity index is 826. The number of pyridine rings is 1. The van der Waals surface area contributed by atoms with Crippen LogP contribution in [0.1, 0.15) is 17.1 Å². The lowest BCUT2D eigenvalue weighted by molar-refractivity contribution is 0.933. The smallest absolute Gasteiger partial charge is 0.138 e. The summed E-state index contributed by atoms with van der Waals surface area (Å²) in [7, 11) is 0. The van der Waals surface area contributed by atoms with Crippen LogP contribution in [0.5, 0.6) is 0 Å². The molecule has 0 bridgehead atoms. The zero-order chi connectivity index (χ0) is 14.7. The lowest BCUT2D eigenvalue weighted by atomic mass is 10.2. The number of benzene rings is 1. The molecule has 0 unspecified atom stereocenters. The van der Waals surface area contributed by atoms with Crippen LogP contribution in [0.2, 0.25) is 5.02 Å². The van der Waals surface area contributed by atoms with Crippen LogP contribution in [-0.4, -0.2) is 14.5 Å². The average molecular weight is 294 g/mol. The first kappa shape index (κ1) is 13.4. The minimum Gasteiger partial charge on any atom is -0.287 e. The van der Waals surface area contributed by atoms with Crippen LogP contribution >= 0.6 is 11.6 Å². The maximum Gasteiger partial charge on any atom is 0.138 e. The number of aromatic nitrogens is 3. The first-order valence-electron chi connectivity index (χ1n) is 6.47. The Balaban J connectivity index is 1.92. The van der Waals surface area contributed by atoms with E-state index >= 15 is 0 Å². The highest BCUT2D eigenvalue weighted by molar-refractivity contribution is 6.30. The average Bonchev–Trinajstić information content (AvgIpc) is 2.87. The standard InChI is InChI=1S/C17H12ClN3/c1-13-20-16(9-8-14-5-4-6-15(18)11-14)12-21(13)17-7-2-3-10-19-17/h2-7,10-12H,1H3. The Morgan fingerprint density at radius 3 is 2.76 bits per heavy atom. The number of halogens is 1. The van der Waals surface area contributed by atoms with E-state index in [1.807, 2.05) is 60.2 Å². The van der Waals surface area contributed by atoms with E-state index in [-0.39, 0.29) is 0 Å². The van der Waals surface area contributed by atoms with Crippen LogP contribution in [-0.2, 0) is 0 Å². The van der Waals surface area contributed by atoms with Gasteiger partial charge in [-0.3, -0.25) is 4.57 Å². The van der Waals surface area contributed by atoms with Crippen molar-refractivity contribution in [2.24, 2.45) is 0 Å². The van der Waals surface area contributed by atoms with Gasteiger partial charge < -0.3 is 0 Å². The van der Waals surface area contributed by atoms with E-state index in [4.69, 9.17) is 11.6 Å². The number of hydrogen-bond donors (Lipinski definition) is 0. The maximum absolute atomic E-state index is 5.94. The quantitative estimate of drug-likeness (QED) is 0.642. The highest BCUT2D eigenvalue weighted by atomic mass is 35.5. The van der Waals surface area contributed by atoms with Gasteiger partial charge in [-0.1, -0.05) is 29.7 Å². The van der Waals surface area contributed by atoms with Gasteiger partial charge in [-0.05, 0) is 43.2 Å². The van der Waals surface area contributed by atoms with Crippen molar-refractivity contribution < 1.29 is 0 Å². The van der Waals surface area contributed by atoms with E-state index in [1.165, 1.54) is 0 Å². The van der Waals surface area contributed by atoms with Gasteiger partial charge in [0.2, 0.25) is 0 Å². The molecule has 3 nitrogen and oxygen atoms in total. The van der Waals surface area contributed by atoms with E-state index in [1.54, 1.807) is 6.20 Å². The molecule has 0 fully saturated rings. The highest BCUT2D eigenvalue weighted by Crippen LogP contribution is 2.11. The Labute approximate surface area is 128 Å². The van der Waals surface area contributed by atoms with Crippen LogP contribution in [0.15, 0.2) is 54.9 Å². The molecule has 4 heteroatoms. The van der Waals surface area contributed by atoms with Gasteiger partial charge >= 0.3 is 0 Å². The Kier molecular flexibility index (Phi) is 3.72. The first-order chi connectivity index (χ1) is 10.2. The van der Waals surface area contributed by atoms with Crippen molar-refractivity contribution in [3.8, 4) is 17.7 Å². The second kappa shape index (κ2) is 5.82. The molecule has 2 heterocycles. The van der Waals surface area contributed by atoms with Gasteiger partial charge in [0.1, 0.15) is 17.3 Å². The number of rotatable bonds is 1. The molecule has 0 aliphatic carbocycles. The molecule has 0 amide bonds. The molecule has 0 spiro atoms. The van der Waals surface area contributed by atoms with E-state index < -0.39 is 0 Å². The minimum atomic E-state index is 0.678. The summed E-state index contributed by atoms with van der Waals surface area (Å²) < 4.78 is 1.92. The topological polar surface area (TPSA) is 30.7 Å². The number of nitrogens with zero attached hydrogens (tertiary/aromatic N) is 3. The number of aryl methyl sites for hydroxylation is 1. The van der Waals surface area contributed by atoms with E-state index in [2.05, 4.69) is 21.8 Å². The fourth-order valence-corrected chi connectivity index (χ4v) is 2.15. The van der Waals surface area contributed by atoms with Crippen molar-refractivity contribution >= 4 is 11.6 Å². The molecule has 0 aliphatic rings. The molecule has 0 saturated carbocycles. The van der Waals surface area contributed by atoms with Crippen molar-refractivity contribution in [2.75, 3.05) is 0 Å². The summed E-state index contributed by atoms with van der Waals surface area (Å²) >= 11 is 5.94. The molecular formula is C17H12ClN3. The summed E-state index contributed by atoms with van der Waals surface area (Å²) in [5.74, 6) is 7.80. The molecule has 3 aromatic rings. The molecule has 102 valence electrons. The van der Waals surface area contributed by atoms with E-state index in [0.29, 0.717) is 10.7 Å². The predicted octanol–water partition coefficient (Wildman–Crippen LogP) is 3.63. The monoisotopic (exact) mass is 293 g/mol. The van der Waals surface area contributed by atoms with Crippen molar-refractivity contribution in [1.29, 1.82) is 0 Å². The SMILES string of the molecule is Cc1nc(C#Cc2cccc(Cl)c2)cn1-c1ccccn1. The van der Waals surface area contributed by atoms with Gasteiger partial charge in [-0.2, -0.15) is 0 Å². The summed E-state index contributed by atoms with van der Waals surface area (Å²) in [5.41, 5.74) is 1.57. The third-order valence-electron chi connectivity index (χ3n) is 2.94. The second-order valence-electron chi connectivity index (χ2n) is 4.49. The third kappa shape index (κ3) is 3.13. The molecule has 0 aliphatic heterocycles. The minimum absolute atomic E-state index is 0.678. The van der Waals surface area contributed by atoms with Gasteiger partial charge in [0.05, 0.1) is 0 Å². The van der Waals surface area contributed by atoms with Gasteiger partial charge in [-0.15, -0.1) is 0 Å². The fourth-order valence-electron chi connectivity index (χ4n) is 1.96. The van der Waals surface area contributed by atoms with Crippen LogP contribution in [0.3, 0.4) is 0 Å². The van der Waals surface area contributed by atoms with Crippen molar-refractivity contribution in [1.82, 2.24) is 14.5 Å². The van der Waals surface area contributed by atoms with Crippen LogP contribution in [0.25, 0.3) is 5.82 Å². The lowest BCUT2D eigenvalue weighted by Gasteiger charge is -2.01. The van der Waals surface area contributed by atoms with E-state index in [0.717, 1.165) is 17.2 Å². The number of imidazole rings is 1. The molecule has 0 atom stereocenters. The summed E-state index contributed by atoms with van der Waals surface area (Å²) in [6.45, 7) is 1.93. The van der Waals surface area contributed by atoms with Gasteiger partial charge in [0.15, 0.2) is 0 Å². The van der Waals surface area contributed by atoms with Gasteiger partial charge in [0.25, 0.3) is 0 Å². The van der Waals surface area contributed by atoms with E-state index in [9.17, 15) is 0 Å². The van der Waals surface area contributed by atoms with Gasteiger partial charge in [0, 0.05) is 23.0 Å². The third-order valence-corrected chi connectivity index (χ3v) is 3.17. The molecule has 0 saturated heterocycles. The molecule has 1 aromatic carbocycles. The lowest BCUT2D eigenvalue weighted by Crippen LogP contribution is -1.97. The maximum atomic E-state index is 5.94. The van der Waals surface area contributed by atoms with Crippen LogP contribution < -0.4 is 0 Å². The van der Waals surface area contributed by atoms with Crippen LogP contribution in [0, 0.1) is 18.8 Å². The summed E-state index contributed by atoms with van der Waals surface area (Å²) in [5, 5.41) is 0.678. The first-order valence-corrected chi connectivity index (χ1v) is 6.85. The van der Waals surface area contributed by atoms with Crippen molar-refractivity contribution in [3.63, 3.8) is 0 Å². The summed E-state index contributed by atoms with van der Waals surface area (Å²) in [6.07, 6.45) is 3.64. The van der Waals surface area contributed by atoms with Crippen molar-refractivity contribution in [2.45, 2.75) is 6.92 Å². The Morgan fingerprint density at radius 1 is 1.10 bits per heavy atom. The molecule has 2 aromatic heterocycles. The van der Waals surface area contributed by atoms with Gasteiger partial charge in [-0.25, -0.2) is 9.97 Å². The molecule has 0 radical (unpaired) electrons. The largest absolute Gasteiger partial charge is 0.287 e. The second-order valence-corrected chi connectivity index (χ2v) is 4.93. The summed E-state index contributed by atoms with van der Waals surface area (Å²) in [6, 6.07) is 13.2. The Morgan fingerprint density at radius 2 is 2.00 bits per heavy atom. The summed E-state index contributed by atoms with van der Waals surface area (Å²) in [4.78, 5) is 8.75. The number of hydrogen-bond acceptors (Lipinski definition) is 2. The molecule has 0 N–H and O–H groups in total. The Hall–Kier alpha value is -2.57. The van der Waals surface area contributed by atoms with Crippen LogP contribution in [0.4, 0.5) is 0 Å². The van der Waals surface area contributed by atoms with Crippen molar-refractivity contribution in [3.05, 3.63) is 77.0 Å². The zero-order valence-corrected chi connectivity index (χ0v) is 12.2. The molecule has 21 heavy (non-hydrogen) atoms. The normalized spacial score (nSPS) is 10.0.